The van der Waals surface area contributed by atoms with Crippen LogP contribution in [-0.4, -0.2) is 23.5 Å². The molecule has 0 aliphatic rings. The minimum atomic E-state index is -0.339. The van der Waals surface area contributed by atoms with Gasteiger partial charge < -0.3 is 16.0 Å². The molecule has 0 saturated heterocycles. The molecule has 0 spiro atoms. The first-order valence-corrected chi connectivity index (χ1v) is 8.28. The van der Waals surface area contributed by atoms with Crippen LogP contribution in [0.5, 0.6) is 0 Å². The average molecular weight is 340 g/mol. The molecule has 0 aliphatic heterocycles. The highest BCUT2D eigenvalue weighted by Gasteiger charge is 2.08. The van der Waals surface area contributed by atoms with Gasteiger partial charge in [0.1, 0.15) is 0 Å². The molecular formula is C17H16N4O2S. The van der Waals surface area contributed by atoms with Crippen molar-refractivity contribution in [1.29, 1.82) is 0 Å². The number of aromatic nitrogens is 1. The van der Waals surface area contributed by atoms with Crippen molar-refractivity contribution >= 4 is 44.3 Å². The summed E-state index contributed by atoms with van der Waals surface area (Å²) in [6, 6.07) is 16.5. The van der Waals surface area contributed by atoms with Crippen LogP contribution in [0.2, 0.25) is 0 Å². The number of rotatable bonds is 5. The lowest BCUT2D eigenvalue weighted by Crippen LogP contribution is -2.31. The Morgan fingerprint density at radius 1 is 0.958 bits per heavy atom. The molecule has 3 N–H and O–H groups in total. The van der Waals surface area contributed by atoms with Crippen LogP contribution in [-0.2, 0) is 4.79 Å². The van der Waals surface area contributed by atoms with Crippen molar-refractivity contribution in [3.05, 3.63) is 54.6 Å². The van der Waals surface area contributed by atoms with Crippen LogP contribution in [0.15, 0.2) is 54.6 Å². The molecule has 122 valence electrons. The molecule has 0 atom stereocenters. The van der Waals surface area contributed by atoms with Gasteiger partial charge in [-0.25, -0.2) is 9.78 Å². The third-order valence-electron chi connectivity index (χ3n) is 3.21. The number of carbonyl (C=O) groups excluding carboxylic acids is 2. The first kappa shape index (κ1) is 15.9. The molecule has 0 unspecified atom stereocenters. The van der Waals surface area contributed by atoms with E-state index in [0.717, 1.165) is 10.2 Å². The molecule has 1 heterocycles. The fourth-order valence-electron chi connectivity index (χ4n) is 2.09. The summed E-state index contributed by atoms with van der Waals surface area (Å²) in [7, 11) is 0. The van der Waals surface area contributed by atoms with Crippen molar-refractivity contribution in [2.24, 2.45) is 0 Å². The summed E-state index contributed by atoms with van der Waals surface area (Å²) in [4.78, 5) is 28.0. The second-order valence-electron chi connectivity index (χ2n) is 5.03. The van der Waals surface area contributed by atoms with Crippen LogP contribution < -0.4 is 16.0 Å². The lowest BCUT2D eigenvalue weighted by molar-refractivity contribution is -0.116. The maximum Gasteiger partial charge on any atom is 0.319 e. The normalized spacial score (nSPS) is 10.3. The minimum Gasteiger partial charge on any atom is -0.337 e. The van der Waals surface area contributed by atoms with E-state index >= 15 is 0 Å². The van der Waals surface area contributed by atoms with E-state index in [2.05, 4.69) is 20.9 Å². The predicted molar refractivity (Wildman–Crippen MR) is 96.3 cm³/mol. The SMILES string of the molecule is O=C(CCNC(=O)Nc1ccccc1)Nc1nc2ccccc2s1. The van der Waals surface area contributed by atoms with Crippen LogP contribution in [0, 0.1) is 0 Å². The first-order chi connectivity index (χ1) is 11.7. The van der Waals surface area contributed by atoms with Crippen molar-refractivity contribution in [1.82, 2.24) is 10.3 Å². The van der Waals surface area contributed by atoms with E-state index in [0.29, 0.717) is 10.8 Å². The third-order valence-corrected chi connectivity index (χ3v) is 4.16. The fourth-order valence-corrected chi connectivity index (χ4v) is 2.98. The average Bonchev–Trinajstić information content (AvgIpc) is 2.97. The second kappa shape index (κ2) is 7.56. The zero-order valence-corrected chi connectivity index (χ0v) is 13.6. The maximum absolute atomic E-state index is 11.9. The van der Waals surface area contributed by atoms with Gasteiger partial charge in [-0.3, -0.25) is 4.79 Å². The van der Waals surface area contributed by atoms with Crippen LogP contribution in [0.3, 0.4) is 0 Å². The molecule has 2 aromatic carbocycles. The van der Waals surface area contributed by atoms with Gasteiger partial charge in [-0.1, -0.05) is 41.7 Å². The maximum atomic E-state index is 11.9. The summed E-state index contributed by atoms with van der Waals surface area (Å²) in [5, 5.41) is 8.65. The molecule has 1 aromatic heterocycles. The second-order valence-corrected chi connectivity index (χ2v) is 6.06. The number of thiazole rings is 1. The zero-order chi connectivity index (χ0) is 16.8. The standard InChI is InChI=1S/C17H16N4O2S/c22-15(21-17-20-13-8-4-5-9-14(13)24-17)10-11-18-16(23)19-12-6-2-1-3-7-12/h1-9H,10-11H2,(H2,18,19,23)(H,20,21,22). The molecular weight excluding hydrogens is 324 g/mol. The Hall–Kier alpha value is -2.93. The lowest BCUT2D eigenvalue weighted by Gasteiger charge is -2.07. The molecule has 0 aliphatic carbocycles. The topological polar surface area (TPSA) is 83.1 Å². The monoisotopic (exact) mass is 340 g/mol. The van der Waals surface area contributed by atoms with Crippen molar-refractivity contribution in [3.8, 4) is 0 Å². The van der Waals surface area contributed by atoms with E-state index in [1.165, 1.54) is 11.3 Å². The van der Waals surface area contributed by atoms with Gasteiger partial charge in [0.2, 0.25) is 5.91 Å². The van der Waals surface area contributed by atoms with Crippen molar-refractivity contribution in [3.63, 3.8) is 0 Å². The van der Waals surface area contributed by atoms with Gasteiger partial charge in [0, 0.05) is 18.7 Å². The summed E-state index contributed by atoms with van der Waals surface area (Å²) >= 11 is 1.42. The van der Waals surface area contributed by atoms with E-state index < -0.39 is 0 Å². The Morgan fingerprint density at radius 3 is 2.50 bits per heavy atom. The van der Waals surface area contributed by atoms with E-state index in [4.69, 9.17) is 0 Å². The smallest absolute Gasteiger partial charge is 0.319 e. The molecule has 3 rings (SSSR count). The molecule has 24 heavy (non-hydrogen) atoms. The number of carbonyl (C=O) groups is 2. The number of urea groups is 1. The first-order valence-electron chi connectivity index (χ1n) is 7.46. The Bertz CT molecular complexity index is 815. The lowest BCUT2D eigenvalue weighted by atomic mass is 10.3. The molecule has 0 saturated carbocycles. The van der Waals surface area contributed by atoms with Gasteiger partial charge in [0.25, 0.3) is 0 Å². The zero-order valence-electron chi connectivity index (χ0n) is 12.8. The molecule has 0 bridgehead atoms. The summed E-state index contributed by atoms with van der Waals surface area (Å²) in [6.07, 6.45) is 0.179. The highest BCUT2D eigenvalue weighted by molar-refractivity contribution is 7.22. The van der Waals surface area contributed by atoms with Gasteiger partial charge >= 0.3 is 6.03 Å². The Balaban J connectivity index is 1.43. The number of amides is 3. The Labute approximate surface area is 142 Å². The van der Waals surface area contributed by atoms with Gasteiger partial charge in [0.05, 0.1) is 10.2 Å². The minimum absolute atomic E-state index is 0.179. The van der Waals surface area contributed by atoms with Crippen LogP contribution in [0.1, 0.15) is 6.42 Å². The number of nitrogens with one attached hydrogen (secondary N) is 3. The van der Waals surface area contributed by atoms with Crippen LogP contribution in [0.25, 0.3) is 10.2 Å². The summed E-state index contributed by atoms with van der Waals surface area (Å²) < 4.78 is 1.02. The van der Waals surface area contributed by atoms with Gasteiger partial charge in [0.15, 0.2) is 5.13 Å². The highest BCUT2D eigenvalue weighted by Crippen LogP contribution is 2.25. The Morgan fingerprint density at radius 2 is 1.71 bits per heavy atom. The van der Waals surface area contributed by atoms with Gasteiger partial charge in [-0.2, -0.15) is 0 Å². The number of hydrogen-bond acceptors (Lipinski definition) is 4. The van der Waals surface area contributed by atoms with Crippen molar-refractivity contribution in [2.45, 2.75) is 6.42 Å². The Kier molecular flexibility index (Phi) is 5.02. The molecule has 6 nitrogen and oxygen atoms in total. The number of anilines is 2. The molecule has 0 fully saturated rings. The number of benzene rings is 2. The highest BCUT2D eigenvalue weighted by atomic mass is 32.1. The fraction of sp³-hybridized carbons (Fsp3) is 0.118. The van der Waals surface area contributed by atoms with Crippen molar-refractivity contribution in [2.75, 3.05) is 17.2 Å². The van der Waals surface area contributed by atoms with E-state index in [1.807, 2.05) is 42.5 Å². The van der Waals surface area contributed by atoms with E-state index in [1.54, 1.807) is 12.1 Å². The predicted octanol–water partition coefficient (Wildman–Crippen LogP) is 3.45. The quantitative estimate of drug-likeness (QED) is 0.665. The van der Waals surface area contributed by atoms with Gasteiger partial charge in [-0.05, 0) is 24.3 Å². The number of para-hydroxylation sites is 2. The van der Waals surface area contributed by atoms with Crippen LogP contribution in [0.4, 0.5) is 15.6 Å². The summed E-state index contributed by atoms with van der Waals surface area (Å²) in [6.45, 7) is 0.245. The largest absolute Gasteiger partial charge is 0.337 e. The van der Waals surface area contributed by atoms with Crippen molar-refractivity contribution < 1.29 is 9.59 Å². The summed E-state index contributed by atoms with van der Waals surface area (Å²) in [5.74, 6) is -0.186. The number of hydrogen-bond donors (Lipinski definition) is 3. The molecule has 3 aromatic rings. The van der Waals surface area contributed by atoms with E-state index in [9.17, 15) is 9.59 Å². The summed E-state index contributed by atoms with van der Waals surface area (Å²) in [5.41, 5.74) is 1.56. The molecule has 3 amide bonds. The number of nitrogens with zero attached hydrogens (tertiary/aromatic N) is 1. The van der Waals surface area contributed by atoms with E-state index in [-0.39, 0.29) is 24.9 Å². The third kappa shape index (κ3) is 4.30. The van der Waals surface area contributed by atoms with Crippen LogP contribution >= 0.6 is 11.3 Å². The number of fused-ring (bicyclic) bond motifs is 1. The van der Waals surface area contributed by atoms with Gasteiger partial charge in [-0.15, -0.1) is 0 Å². The molecule has 7 heteroatoms. The molecule has 0 radical (unpaired) electrons.